The zero-order valence-electron chi connectivity index (χ0n) is 53.7. The number of ether oxygens (including phenoxy) is 4. The third-order valence-electron chi connectivity index (χ3n) is 17.3. The van der Waals surface area contributed by atoms with Gasteiger partial charge in [0, 0.05) is 6.42 Å². The molecule has 0 aromatic rings. The van der Waals surface area contributed by atoms with E-state index in [0.717, 1.165) is 44.9 Å². The number of carbonyl (C=O) groups is 1. The first kappa shape index (κ1) is 78.3. The van der Waals surface area contributed by atoms with Crippen molar-refractivity contribution in [3.63, 3.8) is 0 Å². The van der Waals surface area contributed by atoms with Gasteiger partial charge in [-0.15, -0.1) is 0 Å². The van der Waals surface area contributed by atoms with Gasteiger partial charge in [0.05, 0.1) is 32.0 Å². The Balaban J connectivity index is 1.70. The summed E-state index contributed by atoms with van der Waals surface area (Å²) in [6, 6.07) is -0.937. The van der Waals surface area contributed by atoms with Crippen LogP contribution in [-0.4, -0.2) is 140 Å². The Labute approximate surface area is 512 Å². The van der Waals surface area contributed by atoms with E-state index in [1.54, 1.807) is 6.08 Å². The van der Waals surface area contributed by atoms with E-state index in [0.29, 0.717) is 12.8 Å². The molecule has 2 heterocycles. The number of amides is 1. The van der Waals surface area contributed by atoms with Crippen LogP contribution in [0.3, 0.4) is 0 Å². The molecule has 2 saturated heterocycles. The summed E-state index contributed by atoms with van der Waals surface area (Å²) in [4.78, 5) is 13.3. The molecule has 0 aromatic carbocycles. The fourth-order valence-electron chi connectivity index (χ4n) is 11.7. The predicted octanol–water partition coefficient (Wildman–Crippen LogP) is 14.1. The molecule has 9 N–H and O–H groups in total. The average molecular weight is 1190 g/mol. The average Bonchev–Trinajstić information content (AvgIpc) is 3.62. The third kappa shape index (κ3) is 39.3. The van der Waals surface area contributed by atoms with E-state index in [-0.39, 0.29) is 18.9 Å². The molecule has 1 amide bonds. The molecule has 0 bridgehead atoms. The number of carbonyl (C=O) groups excluding carboxylic acids is 1. The normalized spacial score (nSPS) is 23.8. The first-order valence-corrected chi connectivity index (χ1v) is 35.2. The minimum atomic E-state index is -1.79. The molecular weight excluding hydrogens is 1060 g/mol. The van der Waals surface area contributed by atoms with Gasteiger partial charge in [-0.25, -0.2) is 0 Å². The van der Waals surface area contributed by atoms with Gasteiger partial charge in [-0.3, -0.25) is 4.79 Å². The lowest BCUT2D eigenvalue weighted by atomic mass is 9.97. The van der Waals surface area contributed by atoms with Gasteiger partial charge in [-0.2, -0.15) is 0 Å². The summed E-state index contributed by atoms with van der Waals surface area (Å²) in [5.41, 5.74) is 0. The largest absolute Gasteiger partial charge is 0.394 e. The van der Waals surface area contributed by atoms with Crippen molar-refractivity contribution in [1.29, 1.82) is 0 Å². The van der Waals surface area contributed by atoms with Gasteiger partial charge in [0.2, 0.25) is 5.91 Å². The molecule has 14 heteroatoms. The molecule has 12 atom stereocenters. The predicted molar refractivity (Wildman–Crippen MR) is 341 cm³/mol. The number of aliphatic hydroxyl groups excluding tert-OH is 8. The first-order valence-electron chi connectivity index (χ1n) is 35.2. The second-order valence-electron chi connectivity index (χ2n) is 25.0. The Morgan fingerprint density at radius 3 is 1.17 bits per heavy atom. The van der Waals surface area contributed by atoms with E-state index in [2.05, 4.69) is 43.5 Å². The molecule has 494 valence electrons. The molecule has 0 radical (unpaired) electrons. The van der Waals surface area contributed by atoms with Gasteiger partial charge in [-0.1, -0.05) is 294 Å². The minimum Gasteiger partial charge on any atom is -0.394 e. The zero-order valence-corrected chi connectivity index (χ0v) is 53.7. The lowest BCUT2D eigenvalue weighted by Crippen LogP contribution is -2.65. The highest BCUT2D eigenvalue weighted by molar-refractivity contribution is 5.76. The summed E-state index contributed by atoms with van der Waals surface area (Å²) in [6.45, 7) is 2.82. The quantitative estimate of drug-likeness (QED) is 0.0204. The van der Waals surface area contributed by atoms with Crippen LogP contribution in [-0.2, 0) is 23.7 Å². The van der Waals surface area contributed by atoms with Crippen LogP contribution in [0.25, 0.3) is 0 Å². The van der Waals surface area contributed by atoms with Crippen LogP contribution in [0.1, 0.15) is 309 Å². The Morgan fingerprint density at radius 2 is 0.762 bits per heavy atom. The van der Waals surface area contributed by atoms with Crippen LogP contribution in [0.15, 0.2) is 36.5 Å². The van der Waals surface area contributed by atoms with Crippen molar-refractivity contribution in [3.8, 4) is 0 Å². The van der Waals surface area contributed by atoms with Gasteiger partial charge < -0.3 is 65.1 Å². The molecule has 14 nitrogen and oxygen atoms in total. The van der Waals surface area contributed by atoms with Crippen molar-refractivity contribution in [2.45, 2.75) is 383 Å². The highest BCUT2D eigenvalue weighted by Crippen LogP contribution is 2.30. The molecule has 84 heavy (non-hydrogen) atoms. The van der Waals surface area contributed by atoms with Crippen LogP contribution in [0, 0.1) is 0 Å². The van der Waals surface area contributed by atoms with E-state index in [4.69, 9.17) is 18.9 Å². The summed E-state index contributed by atoms with van der Waals surface area (Å²) >= 11 is 0. The fraction of sp³-hybridized carbons (Fsp3) is 0.900. The van der Waals surface area contributed by atoms with Crippen LogP contribution in [0.4, 0.5) is 0 Å². The minimum absolute atomic E-state index is 0.247. The molecule has 0 saturated carbocycles. The smallest absolute Gasteiger partial charge is 0.220 e. The van der Waals surface area contributed by atoms with Crippen LogP contribution < -0.4 is 5.32 Å². The van der Waals surface area contributed by atoms with Crippen molar-refractivity contribution in [2.24, 2.45) is 0 Å². The molecule has 0 aliphatic carbocycles. The number of allylic oxidation sites excluding steroid dienone is 5. The standard InChI is InChI=1S/C70H131NO13/c1-3-5-7-9-11-13-15-17-19-21-23-25-27-28-29-30-32-34-36-38-40-42-44-46-48-50-52-54-62(75)71-58(57-81-69-67(80)65(78)68(61(56-73)83-69)84-70-66(79)64(77)63(76)60(55-72)82-70)59(74)53-51-49-47-45-43-41-39-37-35-33-31-26-24-22-20-18-16-14-12-10-8-6-4-2/h35,37,43,45,51,53,58-61,63-70,72-74,76-80H,3-34,36,38-42,44,46-50,52,54-57H2,1-2H3,(H,71,75)/b37-35+,45-43+,53-51+. The third-order valence-corrected chi connectivity index (χ3v) is 17.3. The van der Waals surface area contributed by atoms with E-state index in [1.807, 2.05) is 6.08 Å². The van der Waals surface area contributed by atoms with Crippen molar-refractivity contribution in [1.82, 2.24) is 5.32 Å². The maximum Gasteiger partial charge on any atom is 0.220 e. The van der Waals surface area contributed by atoms with Crippen molar-refractivity contribution < 1.29 is 64.6 Å². The van der Waals surface area contributed by atoms with Gasteiger partial charge in [0.15, 0.2) is 12.6 Å². The topological polar surface area (TPSA) is 228 Å². The highest BCUT2D eigenvalue weighted by Gasteiger charge is 2.51. The number of hydrogen-bond donors (Lipinski definition) is 9. The van der Waals surface area contributed by atoms with Crippen molar-refractivity contribution in [2.75, 3.05) is 19.8 Å². The Hall–Kier alpha value is -1.79. The molecule has 0 aromatic heterocycles. The van der Waals surface area contributed by atoms with Crippen LogP contribution in [0.2, 0.25) is 0 Å². The van der Waals surface area contributed by atoms with Gasteiger partial charge in [0.25, 0.3) is 0 Å². The van der Waals surface area contributed by atoms with E-state index in [9.17, 15) is 45.6 Å². The Kier molecular flexibility index (Phi) is 51.5. The summed E-state index contributed by atoms with van der Waals surface area (Å²) in [5, 5.41) is 87.4. The van der Waals surface area contributed by atoms with Crippen molar-refractivity contribution in [3.05, 3.63) is 36.5 Å². The summed E-state index contributed by atoms with van der Waals surface area (Å²) in [5.74, 6) is -0.247. The number of rotatable bonds is 58. The van der Waals surface area contributed by atoms with E-state index >= 15 is 0 Å². The maximum atomic E-state index is 13.3. The lowest BCUT2D eigenvalue weighted by Gasteiger charge is -2.46. The molecular formula is C70H131NO13. The second-order valence-corrected chi connectivity index (χ2v) is 25.0. The maximum absolute atomic E-state index is 13.3. The molecule has 2 aliphatic rings. The number of aliphatic hydroxyl groups is 8. The van der Waals surface area contributed by atoms with Crippen molar-refractivity contribution >= 4 is 5.91 Å². The molecule has 12 unspecified atom stereocenters. The summed E-state index contributed by atoms with van der Waals surface area (Å²) in [6.07, 6.45) is 53.5. The highest BCUT2D eigenvalue weighted by atomic mass is 16.7. The fourth-order valence-corrected chi connectivity index (χ4v) is 11.7. The first-order chi connectivity index (χ1) is 41.1. The van der Waals surface area contributed by atoms with Crippen LogP contribution >= 0.6 is 0 Å². The second kappa shape index (κ2) is 55.3. The molecule has 2 aliphatic heterocycles. The van der Waals surface area contributed by atoms with Gasteiger partial charge >= 0.3 is 0 Å². The monoisotopic (exact) mass is 1190 g/mol. The Morgan fingerprint density at radius 1 is 0.417 bits per heavy atom. The number of hydrogen-bond acceptors (Lipinski definition) is 13. The zero-order chi connectivity index (χ0) is 60.9. The Bertz CT molecular complexity index is 1550. The summed E-state index contributed by atoms with van der Waals surface area (Å²) in [7, 11) is 0. The lowest BCUT2D eigenvalue weighted by molar-refractivity contribution is -0.359. The SMILES string of the molecule is CCCCCCCCCCCCCCC/C=C/CC/C=C/CC/C=C/C(O)C(COC1OC(CO)C(OC2OC(CO)C(O)C(O)C2O)C(O)C1O)NC(=O)CCCCCCCCCCCCCCCCCCCCCCCCCCCCC. The molecule has 2 fully saturated rings. The van der Waals surface area contributed by atoms with Crippen LogP contribution in [0.5, 0.6) is 0 Å². The van der Waals surface area contributed by atoms with E-state index in [1.165, 1.54) is 231 Å². The number of nitrogens with one attached hydrogen (secondary N) is 1. The van der Waals surface area contributed by atoms with Gasteiger partial charge in [0.1, 0.15) is 48.8 Å². The van der Waals surface area contributed by atoms with E-state index < -0.39 is 86.8 Å². The summed E-state index contributed by atoms with van der Waals surface area (Å²) < 4.78 is 22.8. The number of unbranched alkanes of at least 4 members (excludes halogenated alkanes) is 41. The molecule has 0 spiro atoms. The molecule has 2 rings (SSSR count). The van der Waals surface area contributed by atoms with Gasteiger partial charge in [-0.05, 0) is 44.9 Å².